The summed E-state index contributed by atoms with van der Waals surface area (Å²) < 4.78 is 0. The Morgan fingerprint density at radius 3 is 2.10 bits per heavy atom. The minimum atomic E-state index is -0.0903. The Morgan fingerprint density at radius 2 is 1.52 bits per heavy atom. The third kappa shape index (κ3) is 5.78. The van der Waals surface area contributed by atoms with E-state index in [1.165, 1.54) is 11.6 Å². The Morgan fingerprint density at radius 1 is 0.931 bits per heavy atom. The molecule has 0 aliphatic carbocycles. The third-order valence-electron chi connectivity index (χ3n) is 4.39. The van der Waals surface area contributed by atoms with Crippen molar-refractivity contribution in [2.24, 2.45) is 16.6 Å². The van der Waals surface area contributed by atoms with Gasteiger partial charge in [0.25, 0.3) is 0 Å². The maximum absolute atomic E-state index is 10.1. The van der Waals surface area contributed by atoms with Crippen LogP contribution in [0.2, 0.25) is 0 Å². The van der Waals surface area contributed by atoms with E-state index in [9.17, 15) is 10.2 Å². The summed E-state index contributed by atoms with van der Waals surface area (Å²) in [6.07, 6.45) is 4.38. The molecular weight excluding hydrogens is 368 g/mol. The first-order valence-corrected chi connectivity index (χ1v) is 9.08. The van der Waals surface area contributed by atoms with E-state index in [0.29, 0.717) is 16.8 Å². The van der Waals surface area contributed by atoms with Crippen LogP contribution in [0.15, 0.2) is 65.9 Å². The van der Waals surface area contributed by atoms with E-state index in [2.05, 4.69) is 15.9 Å². The summed E-state index contributed by atoms with van der Waals surface area (Å²) in [4.78, 5) is 8.44. The van der Waals surface area contributed by atoms with E-state index in [1.54, 1.807) is 18.5 Å². The lowest BCUT2D eigenvalue weighted by molar-refractivity contribution is 0.311. The smallest absolute Gasteiger partial charge is 0.135 e. The minimum Gasteiger partial charge on any atom is -0.508 e. The summed E-state index contributed by atoms with van der Waals surface area (Å²) >= 11 is 0. The average Bonchev–Trinajstić information content (AvgIpc) is 2.71. The van der Waals surface area contributed by atoms with Gasteiger partial charge in [0, 0.05) is 18.5 Å². The van der Waals surface area contributed by atoms with E-state index in [-0.39, 0.29) is 23.3 Å². The highest BCUT2D eigenvalue weighted by atomic mass is 16.4. The van der Waals surface area contributed by atoms with Crippen LogP contribution in [0.4, 0.5) is 5.69 Å². The number of benzene rings is 2. The van der Waals surface area contributed by atoms with Crippen molar-refractivity contribution >= 4 is 11.5 Å². The maximum Gasteiger partial charge on any atom is 0.135 e. The molecule has 3 rings (SSSR count). The first-order chi connectivity index (χ1) is 13.9. The van der Waals surface area contributed by atoms with Crippen LogP contribution in [0.5, 0.6) is 11.5 Å². The largest absolute Gasteiger partial charge is 0.508 e. The Labute approximate surface area is 170 Å². The van der Waals surface area contributed by atoms with Crippen LogP contribution in [0.1, 0.15) is 42.0 Å². The van der Waals surface area contributed by atoms with Crippen molar-refractivity contribution in [3.8, 4) is 11.5 Å². The fourth-order valence-electron chi connectivity index (χ4n) is 2.89. The first kappa shape index (κ1) is 21.9. The van der Waals surface area contributed by atoms with Crippen molar-refractivity contribution in [2.75, 3.05) is 0 Å². The number of nitrogens with zero attached hydrogens (tertiary/aromatic N) is 2. The second-order valence-electron chi connectivity index (χ2n) is 6.78. The van der Waals surface area contributed by atoms with Crippen LogP contribution in [0.3, 0.4) is 0 Å². The standard InChI is InChI=1S/C22H23N3O2.H3NO/c1-14(2)18-12-19(21(27)13-20(18)26)22(23)25-17-5-3-15(4-6-17)11-16-7-9-24-10-8-16;1-2/h3-10,12-14,26-27H,11H2,1-2H3,(H2,23,25);2H,1H2. The molecule has 0 saturated carbocycles. The highest BCUT2D eigenvalue weighted by Gasteiger charge is 2.14. The number of pyridine rings is 1. The highest BCUT2D eigenvalue weighted by molar-refractivity contribution is 6.01. The second-order valence-corrected chi connectivity index (χ2v) is 6.78. The van der Waals surface area contributed by atoms with Gasteiger partial charge in [-0.25, -0.2) is 10.9 Å². The van der Waals surface area contributed by atoms with Crippen molar-refractivity contribution in [3.63, 3.8) is 0 Å². The van der Waals surface area contributed by atoms with Gasteiger partial charge in [-0.15, -0.1) is 0 Å². The second kappa shape index (κ2) is 10.2. The molecule has 0 spiro atoms. The summed E-state index contributed by atoms with van der Waals surface area (Å²) in [6.45, 7) is 3.93. The molecule has 0 aliphatic rings. The van der Waals surface area contributed by atoms with E-state index >= 15 is 0 Å². The van der Waals surface area contributed by atoms with Gasteiger partial charge >= 0.3 is 0 Å². The van der Waals surface area contributed by atoms with Crippen LogP contribution < -0.4 is 11.6 Å². The van der Waals surface area contributed by atoms with Crippen LogP contribution >= 0.6 is 0 Å². The quantitative estimate of drug-likeness (QED) is 0.255. The molecule has 1 heterocycles. The number of rotatable bonds is 5. The molecule has 7 N–H and O–H groups in total. The molecule has 0 unspecified atom stereocenters. The number of aliphatic imine (C=N–C) groups is 1. The summed E-state index contributed by atoms with van der Waals surface area (Å²) in [7, 11) is 0. The van der Waals surface area contributed by atoms with E-state index in [0.717, 1.165) is 12.0 Å². The number of amidine groups is 1. The number of aromatic nitrogens is 1. The molecule has 0 bridgehead atoms. The van der Waals surface area contributed by atoms with Gasteiger partial charge in [0.05, 0.1) is 11.3 Å². The van der Waals surface area contributed by atoms with Gasteiger partial charge in [-0.3, -0.25) is 4.98 Å². The molecule has 0 radical (unpaired) electrons. The SMILES string of the molecule is CC(C)c1cc(C(N)=Nc2ccc(Cc3ccncc3)cc2)c(O)cc1O.NO. The highest BCUT2D eigenvalue weighted by Crippen LogP contribution is 2.32. The van der Waals surface area contributed by atoms with Gasteiger partial charge in [0.1, 0.15) is 17.3 Å². The normalized spacial score (nSPS) is 11.1. The van der Waals surface area contributed by atoms with E-state index < -0.39 is 0 Å². The van der Waals surface area contributed by atoms with Crippen LogP contribution in [0, 0.1) is 0 Å². The van der Waals surface area contributed by atoms with E-state index in [1.807, 2.05) is 50.2 Å². The molecule has 7 nitrogen and oxygen atoms in total. The summed E-state index contributed by atoms with van der Waals surface area (Å²) in [6, 6.07) is 14.8. The van der Waals surface area contributed by atoms with Gasteiger partial charge in [0.2, 0.25) is 0 Å². The van der Waals surface area contributed by atoms with Crippen LogP contribution in [0.25, 0.3) is 0 Å². The molecule has 0 amide bonds. The number of aromatic hydroxyl groups is 2. The van der Waals surface area contributed by atoms with Crippen LogP contribution in [-0.2, 0) is 6.42 Å². The lowest BCUT2D eigenvalue weighted by atomic mass is 9.98. The molecule has 2 aromatic carbocycles. The van der Waals surface area contributed by atoms with Gasteiger partial charge < -0.3 is 21.2 Å². The monoisotopic (exact) mass is 394 g/mol. The number of nitrogens with two attached hydrogens (primary N) is 2. The number of hydrogen-bond acceptors (Lipinski definition) is 6. The Balaban J connectivity index is 0.00000145. The summed E-state index contributed by atoms with van der Waals surface area (Å²) in [5, 5.41) is 26.6. The van der Waals surface area contributed by atoms with Crippen molar-refractivity contribution in [2.45, 2.75) is 26.2 Å². The van der Waals surface area contributed by atoms with Crippen molar-refractivity contribution in [1.82, 2.24) is 4.98 Å². The summed E-state index contributed by atoms with van der Waals surface area (Å²) in [5.41, 5.74) is 10.3. The molecule has 152 valence electrons. The van der Waals surface area contributed by atoms with Crippen molar-refractivity contribution < 1.29 is 15.4 Å². The summed E-state index contributed by atoms with van der Waals surface area (Å²) in [5.74, 6) is 3.77. The average molecular weight is 394 g/mol. The molecule has 7 heteroatoms. The molecule has 0 fully saturated rings. The van der Waals surface area contributed by atoms with Gasteiger partial charge in [-0.1, -0.05) is 26.0 Å². The number of phenols is 2. The lowest BCUT2D eigenvalue weighted by Crippen LogP contribution is -2.13. The fourth-order valence-corrected chi connectivity index (χ4v) is 2.89. The predicted octanol–water partition coefficient (Wildman–Crippen LogP) is 3.58. The zero-order chi connectivity index (χ0) is 21.4. The lowest BCUT2D eigenvalue weighted by Gasteiger charge is -2.12. The molecule has 0 saturated heterocycles. The maximum atomic E-state index is 10.1. The molecular formula is C22H26N4O3. The predicted molar refractivity (Wildman–Crippen MR) is 114 cm³/mol. The third-order valence-corrected chi connectivity index (χ3v) is 4.39. The van der Waals surface area contributed by atoms with Gasteiger partial charge in [-0.2, -0.15) is 0 Å². The molecule has 3 aromatic rings. The minimum absolute atomic E-state index is 0.0551. The molecule has 0 aliphatic heterocycles. The Bertz CT molecular complexity index is 956. The zero-order valence-electron chi connectivity index (χ0n) is 16.4. The Kier molecular flexibility index (Phi) is 7.70. The zero-order valence-corrected chi connectivity index (χ0v) is 16.4. The van der Waals surface area contributed by atoms with Gasteiger partial charge in [-0.05, 0) is 59.4 Å². The molecule has 29 heavy (non-hydrogen) atoms. The number of hydrogen-bond donors (Lipinski definition) is 5. The molecule has 0 atom stereocenters. The fraction of sp³-hybridized carbons (Fsp3) is 0.182. The van der Waals surface area contributed by atoms with Gasteiger partial charge in [0.15, 0.2) is 0 Å². The molecule has 1 aromatic heterocycles. The number of phenolic OH excluding ortho intramolecular Hbond substituents is 2. The van der Waals surface area contributed by atoms with Crippen LogP contribution in [-0.4, -0.2) is 26.2 Å². The Hall–Kier alpha value is -3.42. The van der Waals surface area contributed by atoms with E-state index in [4.69, 9.17) is 10.9 Å². The first-order valence-electron chi connectivity index (χ1n) is 9.08. The van der Waals surface area contributed by atoms with Crippen molar-refractivity contribution in [1.29, 1.82) is 0 Å². The van der Waals surface area contributed by atoms with Crippen molar-refractivity contribution in [3.05, 3.63) is 83.2 Å². The topological polar surface area (TPSA) is 138 Å².